The van der Waals surface area contributed by atoms with Gasteiger partial charge in [0.25, 0.3) is 6.43 Å². The van der Waals surface area contributed by atoms with E-state index in [-0.39, 0.29) is 5.91 Å². The Labute approximate surface area is 87.0 Å². The Morgan fingerprint density at radius 1 is 1.67 bits per heavy atom. The smallest absolute Gasteiger partial charge is 0.265 e. The SMILES string of the molecule is CC1(C(=O)NCC(O)C(F)F)CCNC1. The minimum Gasteiger partial charge on any atom is -0.385 e. The fraction of sp³-hybridized carbons (Fsp3) is 0.889. The number of carbonyl (C=O) groups excluding carboxylic acids is 1. The molecule has 2 atom stereocenters. The van der Waals surface area contributed by atoms with Crippen molar-refractivity contribution in [1.29, 1.82) is 0 Å². The monoisotopic (exact) mass is 222 g/mol. The van der Waals surface area contributed by atoms with Gasteiger partial charge in [-0.05, 0) is 19.9 Å². The summed E-state index contributed by atoms with van der Waals surface area (Å²) in [7, 11) is 0. The van der Waals surface area contributed by atoms with Gasteiger partial charge in [-0.15, -0.1) is 0 Å². The first kappa shape index (κ1) is 12.3. The summed E-state index contributed by atoms with van der Waals surface area (Å²) in [4.78, 5) is 11.6. The Morgan fingerprint density at radius 2 is 2.33 bits per heavy atom. The van der Waals surface area contributed by atoms with E-state index in [1.165, 1.54) is 0 Å². The van der Waals surface area contributed by atoms with Crippen molar-refractivity contribution in [2.75, 3.05) is 19.6 Å². The number of aliphatic hydroxyl groups excluding tert-OH is 1. The zero-order chi connectivity index (χ0) is 11.5. The molecule has 4 nitrogen and oxygen atoms in total. The Morgan fingerprint density at radius 3 is 2.80 bits per heavy atom. The molecule has 15 heavy (non-hydrogen) atoms. The summed E-state index contributed by atoms with van der Waals surface area (Å²) in [6, 6.07) is 0. The van der Waals surface area contributed by atoms with Gasteiger partial charge in [-0.1, -0.05) is 0 Å². The topological polar surface area (TPSA) is 61.4 Å². The highest BCUT2D eigenvalue weighted by Gasteiger charge is 2.36. The van der Waals surface area contributed by atoms with Crippen molar-refractivity contribution < 1.29 is 18.7 Å². The lowest BCUT2D eigenvalue weighted by atomic mass is 9.89. The van der Waals surface area contributed by atoms with Crippen LogP contribution in [0.4, 0.5) is 8.78 Å². The van der Waals surface area contributed by atoms with Gasteiger partial charge in [0.05, 0.1) is 5.41 Å². The summed E-state index contributed by atoms with van der Waals surface area (Å²) in [5, 5.41) is 14.2. The van der Waals surface area contributed by atoms with Crippen LogP contribution < -0.4 is 10.6 Å². The maximum atomic E-state index is 11.9. The molecular formula is C9H16F2N2O2. The Hall–Kier alpha value is -0.750. The first-order chi connectivity index (χ1) is 6.96. The summed E-state index contributed by atoms with van der Waals surface area (Å²) < 4.78 is 23.9. The van der Waals surface area contributed by atoms with Crippen molar-refractivity contribution in [2.45, 2.75) is 25.9 Å². The minimum atomic E-state index is -2.82. The number of alkyl halides is 2. The van der Waals surface area contributed by atoms with Crippen molar-refractivity contribution in [3.05, 3.63) is 0 Å². The Balaban J connectivity index is 2.35. The molecule has 0 radical (unpaired) electrons. The average molecular weight is 222 g/mol. The molecule has 1 rings (SSSR count). The van der Waals surface area contributed by atoms with Crippen LogP contribution in [0.25, 0.3) is 0 Å². The first-order valence-electron chi connectivity index (χ1n) is 4.91. The van der Waals surface area contributed by atoms with Gasteiger partial charge in [-0.2, -0.15) is 0 Å². The average Bonchev–Trinajstić information content (AvgIpc) is 2.62. The van der Waals surface area contributed by atoms with E-state index >= 15 is 0 Å². The summed E-state index contributed by atoms with van der Waals surface area (Å²) in [5.41, 5.74) is -0.540. The van der Waals surface area contributed by atoms with Crippen LogP contribution >= 0.6 is 0 Å². The molecule has 3 N–H and O–H groups in total. The highest BCUT2D eigenvalue weighted by atomic mass is 19.3. The van der Waals surface area contributed by atoms with E-state index in [1.54, 1.807) is 6.92 Å². The van der Waals surface area contributed by atoms with Crippen LogP contribution in [-0.4, -0.2) is 43.2 Å². The number of aliphatic hydroxyl groups is 1. The fourth-order valence-electron chi connectivity index (χ4n) is 1.51. The van der Waals surface area contributed by atoms with Gasteiger partial charge in [0.1, 0.15) is 6.10 Å². The van der Waals surface area contributed by atoms with E-state index < -0.39 is 24.5 Å². The lowest BCUT2D eigenvalue weighted by Crippen LogP contribution is -2.44. The maximum absolute atomic E-state index is 11.9. The molecule has 88 valence electrons. The molecule has 6 heteroatoms. The number of halogens is 2. The van der Waals surface area contributed by atoms with Crippen molar-refractivity contribution in [3.8, 4) is 0 Å². The summed E-state index contributed by atoms with van der Waals surface area (Å²) in [5.74, 6) is -0.285. The number of carbonyl (C=O) groups is 1. The molecule has 1 aliphatic rings. The van der Waals surface area contributed by atoms with E-state index in [0.29, 0.717) is 13.0 Å². The third-order valence-electron chi connectivity index (χ3n) is 2.68. The molecule has 1 fully saturated rings. The second kappa shape index (κ2) is 4.85. The van der Waals surface area contributed by atoms with E-state index in [9.17, 15) is 13.6 Å². The molecule has 0 aliphatic carbocycles. The number of amides is 1. The minimum absolute atomic E-state index is 0.285. The molecule has 0 spiro atoms. The summed E-state index contributed by atoms with van der Waals surface area (Å²) in [6.45, 7) is 2.67. The molecule has 0 aromatic heterocycles. The van der Waals surface area contributed by atoms with Crippen LogP contribution in [0.2, 0.25) is 0 Å². The van der Waals surface area contributed by atoms with Gasteiger partial charge >= 0.3 is 0 Å². The normalized spacial score (nSPS) is 28.1. The molecule has 1 aliphatic heterocycles. The second-order valence-electron chi connectivity index (χ2n) is 4.10. The predicted octanol–water partition coefficient (Wildman–Crippen LogP) is -0.272. The summed E-state index contributed by atoms with van der Waals surface area (Å²) >= 11 is 0. The van der Waals surface area contributed by atoms with Crippen molar-refractivity contribution in [2.24, 2.45) is 5.41 Å². The van der Waals surface area contributed by atoms with E-state index in [4.69, 9.17) is 5.11 Å². The van der Waals surface area contributed by atoms with Gasteiger partial charge in [0, 0.05) is 13.1 Å². The molecular weight excluding hydrogens is 206 g/mol. The van der Waals surface area contributed by atoms with Crippen LogP contribution in [0.5, 0.6) is 0 Å². The lowest BCUT2D eigenvalue weighted by molar-refractivity contribution is -0.130. The van der Waals surface area contributed by atoms with Crippen molar-refractivity contribution >= 4 is 5.91 Å². The standard InChI is InChI=1S/C9H16F2N2O2/c1-9(2-3-12-5-9)8(15)13-4-6(14)7(10)11/h6-7,12,14H,2-5H2,1H3,(H,13,15). The molecule has 2 unspecified atom stereocenters. The van der Waals surface area contributed by atoms with Crippen LogP contribution in [0.3, 0.4) is 0 Å². The van der Waals surface area contributed by atoms with Crippen LogP contribution in [0, 0.1) is 5.41 Å². The highest BCUT2D eigenvalue weighted by molar-refractivity contribution is 5.82. The van der Waals surface area contributed by atoms with Gasteiger partial charge in [0.15, 0.2) is 0 Å². The van der Waals surface area contributed by atoms with Gasteiger partial charge in [-0.25, -0.2) is 8.78 Å². The van der Waals surface area contributed by atoms with Gasteiger partial charge in [0.2, 0.25) is 5.91 Å². The van der Waals surface area contributed by atoms with Crippen molar-refractivity contribution in [3.63, 3.8) is 0 Å². The third-order valence-corrected chi connectivity index (χ3v) is 2.68. The lowest BCUT2D eigenvalue weighted by Gasteiger charge is -2.22. The number of hydrogen-bond donors (Lipinski definition) is 3. The molecule has 1 amide bonds. The quantitative estimate of drug-likeness (QED) is 0.613. The van der Waals surface area contributed by atoms with E-state index in [2.05, 4.69) is 10.6 Å². The van der Waals surface area contributed by atoms with E-state index in [1.807, 2.05) is 0 Å². The van der Waals surface area contributed by atoms with E-state index in [0.717, 1.165) is 6.54 Å². The fourth-order valence-corrected chi connectivity index (χ4v) is 1.51. The van der Waals surface area contributed by atoms with Crippen LogP contribution in [0.1, 0.15) is 13.3 Å². The van der Waals surface area contributed by atoms with Crippen LogP contribution in [-0.2, 0) is 4.79 Å². The zero-order valence-corrected chi connectivity index (χ0v) is 8.59. The Bertz CT molecular complexity index is 230. The highest BCUT2D eigenvalue weighted by Crippen LogP contribution is 2.24. The van der Waals surface area contributed by atoms with Gasteiger partial charge in [-0.3, -0.25) is 4.79 Å². The van der Waals surface area contributed by atoms with Crippen LogP contribution in [0.15, 0.2) is 0 Å². The zero-order valence-electron chi connectivity index (χ0n) is 8.59. The largest absolute Gasteiger partial charge is 0.385 e. The molecule has 0 bridgehead atoms. The number of hydrogen-bond acceptors (Lipinski definition) is 3. The van der Waals surface area contributed by atoms with Crippen molar-refractivity contribution in [1.82, 2.24) is 10.6 Å². The first-order valence-corrected chi connectivity index (χ1v) is 4.91. The summed E-state index contributed by atoms with van der Waals surface area (Å²) in [6.07, 6.45) is -3.92. The number of rotatable bonds is 4. The maximum Gasteiger partial charge on any atom is 0.265 e. The second-order valence-corrected chi connectivity index (χ2v) is 4.10. The third kappa shape index (κ3) is 3.10. The predicted molar refractivity (Wildman–Crippen MR) is 50.6 cm³/mol. The Kier molecular flexibility index (Phi) is 3.98. The van der Waals surface area contributed by atoms with Gasteiger partial charge < -0.3 is 15.7 Å². The molecule has 0 saturated carbocycles. The molecule has 0 aromatic carbocycles. The number of nitrogens with one attached hydrogen (secondary N) is 2. The molecule has 1 saturated heterocycles. The molecule has 0 aromatic rings. The molecule has 1 heterocycles.